The number of morpholine rings is 1. The van der Waals surface area contributed by atoms with Crippen molar-refractivity contribution in [3.05, 3.63) is 0 Å². The second kappa shape index (κ2) is 5.97. The van der Waals surface area contributed by atoms with Crippen molar-refractivity contribution in [2.45, 2.75) is 50.3 Å². The summed E-state index contributed by atoms with van der Waals surface area (Å²) in [6.45, 7) is 2.45. The predicted molar refractivity (Wildman–Crippen MR) is 70.4 cm³/mol. The quantitative estimate of drug-likeness (QED) is 0.684. The van der Waals surface area contributed by atoms with Crippen LogP contribution in [0.15, 0.2) is 0 Å². The van der Waals surface area contributed by atoms with Crippen LogP contribution < -0.4 is 5.32 Å². The second-order valence-electron chi connectivity index (χ2n) is 5.77. The first kappa shape index (κ1) is 15.1. The molecule has 114 valence electrons. The topological polar surface area (TPSA) is 99.1 Å². The molecule has 0 bridgehead atoms. The monoisotopic (exact) mass is 286 g/mol. The van der Waals surface area contributed by atoms with Crippen LogP contribution in [0, 0.1) is 0 Å². The molecule has 1 heterocycles. The molecule has 1 saturated carbocycles. The van der Waals surface area contributed by atoms with Gasteiger partial charge in [0.1, 0.15) is 0 Å². The highest BCUT2D eigenvalue weighted by Crippen LogP contribution is 2.35. The summed E-state index contributed by atoms with van der Waals surface area (Å²) >= 11 is 0. The van der Waals surface area contributed by atoms with E-state index in [4.69, 9.17) is 14.9 Å². The number of nitrogens with zero attached hydrogens (tertiary/aromatic N) is 1. The number of carbonyl (C=O) groups is 2. The van der Waals surface area contributed by atoms with Crippen LogP contribution in [0.2, 0.25) is 0 Å². The van der Waals surface area contributed by atoms with Gasteiger partial charge in [-0.15, -0.1) is 0 Å². The van der Waals surface area contributed by atoms with Crippen molar-refractivity contribution in [1.82, 2.24) is 10.2 Å². The summed E-state index contributed by atoms with van der Waals surface area (Å²) in [5, 5.41) is 21.0. The molecule has 2 rings (SSSR count). The summed E-state index contributed by atoms with van der Waals surface area (Å²) in [5.41, 5.74) is -0.602. The molecule has 7 nitrogen and oxygen atoms in total. The van der Waals surface area contributed by atoms with Gasteiger partial charge < -0.3 is 25.2 Å². The number of aliphatic carboxylic acids is 1. The molecule has 0 radical (unpaired) electrons. The van der Waals surface area contributed by atoms with E-state index in [1.807, 2.05) is 6.92 Å². The van der Waals surface area contributed by atoms with E-state index in [0.29, 0.717) is 26.0 Å². The van der Waals surface area contributed by atoms with Gasteiger partial charge in [0.15, 0.2) is 0 Å². The highest BCUT2D eigenvalue weighted by atomic mass is 16.5. The van der Waals surface area contributed by atoms with Gasteiger partial charge in [0, 0.05) is 0 Å². The molecule has 20 heavy (non-hydrogen) atoms. The lowest BCUT2D eigenvalue weighted by Crippen LogP contribution is -2.62. The van der Waals surface area contributed by atoms with Gasteiger partial charge in [-0.3, -0.25) is 4.79 Å². The SMILES string of the molecule is CC1COC(CO)CN1C(=O)NC1(CC(=O)O)CCC1. The molecule has 0 spiro atoms. The number of carbonyl (C=O) groups excluding carboxylic acids is 1. The molecule has 0 aromatic heterocycles. The fourth-order valence-corrected chi connectivity index (χ4v) is 2.75. The number of hydrogen-bond acceptors (Lipinski definition) is 4. The van der Waals surface area contributed by atoms with Gasteiger partial charge in [0.05, 0.1) is 43.9 Å². The first-order valence-corrected chi connectivity index (χ1v) is 6.99. The number of amides is 2. The summed E-state index contributed by atoms with van der Waals surface area (Å²) < 4.78 is 5.39. The highest BCUT2D eigenvalue weighted by Gasteiger charge is 2.42. The Balaban J connectivity index is 1.97. The third-order valence-corrected chi connectivity index (χ3v) is 4.14. The van der Waals surface area contributed by atoms with Crippen molar-refractivity contribution in [2.24, 2.45) is 0 Å². The minimum Gasteiger partial charge on any atom is -0.481 e. The van der Waals surface area contributed by atoms with Gasteiger partial charge in [-0.2, -0.15) is 0 Å². The lowest BCUT2D eigenvalue weighted by Gasteiger charge is -2.45. The van der Waals surface area contributed by atoms with Crippen LogP contribution in [0.1, 0.15) is 32.6 Å². The number of urea groups is 1. The molecule has 2 amide bonds. The van der Waals surface area contributed by atoms with Crippen LogP contribution in [-0.2, 0) is 9.53 Å². The predicted octanol–water partition coefficient (Wildman–Crippen LogP) is 0.175. The van der Waals surface area contributed by atoms with Crippen molar-refractivity contribution >= 4 is 12.0 Å². The molecule has 1 saturated heterocycles. The van der Waals surface area contributed by atoms with Crippen molar-refractivity contribution in [1.29, 1.82) is 0 Å². The Morgan fingerprint density at radius 1 is 1.45 bits per heavy atom. The second-order valence-corrected chi connectivity index (χ2v) is 5.77. The summed E-state index contributed by atoms with van der Waals surface area (Å²) in [7, 11) is 0. The van der Waals surface area contributed by atoms with E-state index >= 15 is 0 Å². The molecular formula is C13H22N2O5. The Hall–Kier alpha value is -1.34. The molecule has 0 aromatic rings. The van der Waals surface area contributed by atoms with E-state index in [0.717, 1.165) is 6.42 Å². The number of hydrogen-bond donors (Lipinski definition) is 3. The van der Waals surface area contributed by atoms with Crippen molar-refractivity contribution in [2.75, 3.05) is 19.8 Å². The summed E-state index contributed by atoms with van der Waals surface area (Å²) in [6.07, 6.45) is 1.93. The summed E-state index contributed by atoms with van der Waals surface area (Å²) in [5.74, 6) is -0.895. The van der Waals surface area contributed by atoms with Crippen LogP contribution in [0.3, 0.4) is 0 Å². The molecule has 3 N–H and O–H groups in total. The maximum absolute atomic E-state index is 12.3. The van der Waals surface area contributed by atoms with Gasteiger partial charge in [-0.25, -0.2) is 4.79 Å². The van der Waals surface area contributed by atoms with E-state index < -0.39 is 11.5 Å². The van der Waals surface area contributed by atoms with Gasteiger partial charge in [-0.05, 0) is 26.2 Å². The Labute approximate surface area is 117 Å². The molecule has 2 aliphatic rings. The number of rotatable bonds is 4. The number of aliphatic hydroxyl groups excluding tert-OH is 1. The van der Waals surface area contributed by atoms with E-state index in [2.05, 4.69) is 5.32 Å². The minimum atomic E-state index is -0.895. The van der Waals surface area contributed by atoms with Crippen molar-refractivity contribution in [3.8, 4) is 0 Å². The van der Waals surface area contributed by atoms with Crippen LogP contribution in [0.4, 0.5) is 4.79 Å². The average molecular weight is 286 g/mol. The molecule has 2 unspecified atom stereocenters. The zero-order chi connectivity index (χ0) is 14.8. The Morgan fingerprint density at radius 2 is 2.15 bits per heavy atom. The number of ether oxygens (including phenoxy) is 1. The first-order chi connectivity index (χ1) is 9.46. The van der Waals surface area contributed by atoms with E-state index in [-0.39, 0.29) is 31.2 Å². The summed E-state index contributed by atoms with van der Waals surface area (Å²) in [6, 6.07) is -0.347. The molecule has 7 heteroatoms. The number of carboxylic acids is 1. The molecule has 1 aliphatic carbocycles. The maximum Gasteiger partial charge on any atom is 0.318 e. The number of nitrogens with one attached hydrogen (secondary N) is 1. The van der Waals surface area contributed by atoms with Crippen molar-refractivity contribution in [3.63, 3.8) is 0 Å². The molecule has 2 fully saturated rings. The average Bonchev–Trinajstić information content (AvgIpc) is 2.36. The third kappa shape index (κ3) is 3.21. The normalized spacial score (nSPS) is 28.6. The molecular weight excluding hydrogens is 264 g/mol. The number of aliphatic hydroxyl groups is 1. The molecule has 2 atom stereocenters. The van der Waals surface area contributed by atoms with E-state index in [1.165, 1.54) is 0 Å². The molecule has 0 aromatic carbocycles. The van der Waals surface area contributed by atoms with Crippen LogP contribution in [0.25, 0.3) is 0 Å². The lowest BCUT2D eigenvalue weighted by atomic mass is 9.74. The fraction of sp³-hybridized carbons (Fsp3) is 0.846. The van der Waals surface area contributed by atoms with Crippen LogP contribution in [0.5, 0.6) is 0 Å². The first-order valence-electron chi connectivity index (χ1n) is 6.99. The van der Waals surface area contributed by atoms with Crippen molar-refractivity contribution < 1.29 is 24.5 Å². The zero-order valence-corrected chi connectivity index (χ0v) is 11.7. The van der Waals surface area contributed by atoms with E-state index in [1.54, 1.807) is 4.90 Å². The van der Waals surface area contributed by atoms with Gasteiger partial charge in [-0.1, -0.05) is 0 Å². The van der Waals surface area contributed by atoms with E-state index in [9.17, 15) is 9.59 Å². The van der Waals surface area contributed by atoms with Gasteiger partial charge in [0.2, 0.25) is 0 Å². The number of carboxylic acid groups (broad SMARTS) is 1. The smallest absolute Gasteiger partial charge is 0.318 e. The maximum atomic E-state index is 12.3. The standard InChI is InChI=1S/C13H22N2O5/c1-9-8-20-10(7-16)6-15(9)12(19)14-13(3-2-4-13)5-11(17)18/h9-10,16H,2-8H2,1H3,(H,14,19)(H,17,18). The Kier molecular flexibility index (Phi) is 4.49. The Bertz CT molecular complexity index is 383. The zero-order valence-electron chi connectivity index (χ0n) is 11.7. The van der Waals surface area contributed by atoms with Crippen LogP contribution >= 0.6 is 0 Å². The fourth-order valence-electron chi connectivity index (χ4n) is 2.75. The van der Waals surface area contributed by atoms with Crippen LogP contribution in [-0.4, -0.2) is 64.6 Å². The largest absolute Gasteiger partial charge is 0.481 e. The lowest BCUT2D eigenvalue weighted by molar-refractivity contribution is -0.139. The summed E-state index contributed by atoms with van der Waals surface area (Å²) in [4.78, 5) is 24.9. The Morgan fingerprint density at radius 3 is 2.65 bits per heavy atom. The highest BCUT2D eigenvalue weighted by molar-refractivity contribution is 5.77. The van der Waals surface area contributed by atoms with Gasteiger partial charge >= 0.3 is 12.0 Å². The third-order valence-electron chi connectivity index (χ3n) is 4.14. The van der Waals surface area contributed by atoms with Gasteiger partial charge in [0.25, 0.3) is 0 Å². The minimum absolute atomic E-state index is 0.0408. The molecule has 1 aliphatic heterocycles.